The fourth-order valence-electron chi connectivity index (χ4n) is 2.26. The van der Waals surface area contributed by atoms with Gasteiger partial charge in [-0.05, 0) is 34.1 Å². The zero-order chi connectivity index (χ0) is 15.1. The van der Waals surface area contributed by atoms with Gasteiger partial charge in [-0.25, -0.2) is 4.90 Å². The fourth-order valence-corrected chi connectivity index (χ4v) is 2.69. The third-order valence-electron chi connectivity index (χ3n) is 3.29. The summed E-state index contributed by atoms with van der Waals surface area (Å²) in [6, 6.07) is 9.55. The van der Waals surface area contributed by atoms with Gasteiger partial charge in [-0.2, -0.15) is 0 Å². The van der Waals surface area contributed by atoms with Crippen LogP contribution in [0.3, 0.4) is 0 Å². The molecule has 0 radical (unpaired) electrons. The molecule has 0 spiro atoms. The van der Waals surface area contributed by atoms with Crippen LogP contribution in [0.15, 0.2) is 40.9 Å². The smallest absolute Gasteiger partial charge is 0.266 e. The van der Waals surface area contributed by atoms with Crippen molar-refractivity contribution in [2.24, 2.45) is 0 Å². The number of hydrogen-bond donors (Lipinski definition) is 1. The van der Waals surface area contributed by atoms with E-state index in [0.717, 1.165) is 4.90 Å². The normalized spacial score (nSPS) is 13.5. The van der Waals surface area contributed by atoms with E-state index in [2.05, 4.69) is 15.9 Å². The first kappa shape index (κ1) is 13.6. The third kappa shape index (κ3) is 1.99. The number of imide groups is 1. The van der Waals surface area contributed by atoms with Gasteiger partial charge >= 0.3 is 0 Å². The number of carbonyl (C=O) groups is 2. The van der Waals surface area contributed by atoms with E-state index in [4.69, 9.17) is 4.74 Å². The molecule has 106 valence electrons. The molecule has 21 heavy (non-hydrogen) atoms. The van der Waals surface area contributed by atoms with Crippen molar-refractivity contribution >= 4 is 33.4 Å². The summed E-state index contributed by atoms with van der Waals surface area (Å²) in [6.07, 6.45) is 0. The Labute approximate surface area is 128 Å². The number of fused-ring (bicyclic) bond motifs is 1. The lowest BCUT2D eigenvalue weighted by molar-refractivity contribution is 0.0925. The average molecular weight is 348 g/mol. The van der Waals surface area contributed by atoms with Gasteiger partial charge in [0.05, 0.1) is 28.4 Å². The molecule has 6 heteroatoms. The molecule has 0 aromatic heterocycles. The molecular formula is C15H10BrNO4. The highest BCUT2D eigenvalue weighted by Crippen LogP contribution is 2.41. The Balaban J connectivity index is 2.17. The minimum atomic E-state index is -0.467. The molecule has 3 rings (SSSR count). The van der Waals surface area contributed by atoms with Crippen molar-refractivity contribution in [2.45, 2.75) is 0 Å². The molecule has 0 aliphatic carbocycles. The summed E-state index contributed by atoms with van der Waals surface area (Å²) >= 11 is 3.18. The number of phenolic OH excluding ortho intramolecular Hbond substituents is 1. The molecule has 5 nitrogen and oxygen atoms in total. The standard InChI is InChI=1S/C15H10BrNO4/c1-21-8-6-11(16)13(18)12(7-8)17-14(19)9-4-2-3-5-10(9)15(17)20/h2-7,18H,1H3. The predicted octanol–water partition coefficient (Wildman–Crippen LogP) is 2.96. The maximum absolute atomic E-state index is 12.4. The second-order valence-corrected chi connectivity index (χ2v) is 5.32. The van der Waals surface area contributed by atoms with E-state index in [0.29, 0.717) is 21.3 Å². The van der Waals surface area contributed by atoms with E-state index in [1.54, 1.807) is 30.3 Å². The first-order valence-corrected chi connectivity index (χ1v) is 6.88. The lowest BCUT2D eigenvalue weighted by atomic mass is 10.1. The summed E-state index contributed by atoms with van der Waals surface area (Å²) < 4.78 is 5.45. The topological polar surface area (TPSA) is 66.8 Å². The summed E-state index contributed by atoms with van der Waals surface area (Å²) in [4.78, 5) is 25.8. The monoisotopic (exact) mass is 347 g/mol. The number of nitrogens with zero attached hydrogens (tertiary/aromatic N) is 1. The van der Waals surface area contributed by atoms with Crippen LogP contribution in [-0.4, -0.2) is 24.0 Å². The molecule has 0 saturated heterocycles. The van der Waals surface area contributed by atoms with Crippen LogP contribution in [0.25, 0.3) is 0 Å². The summed E-state index contributed by atoms with van der Waals surface area (Å²) in [5.41, 5.74) is 0.731. The Morgan fingerprint density at radius 1 is 1.10 bits per heavy atom. The Bertz CT molecular complexity index is 737. The number of phenols is 1. The van der Waals surface area contributed by atoms with Gasteiger partial charge in [0.15, 0.2) is 5.75 Å². The fraction of sp³-hybridized carbons (Fsp3) is 0.0667. The molecule has 1 aliphatic rings. The van der Waals surface area contributed by atoms with Gasteiger partial charge in [0.25, 0.3) is 11.8 Å². The van der Waals surface area contributed by atoms with Crippen LogP contribution in [-0.2, 0) is 0 Å². The van der Waals surface area contributed by atoms with Crippen LogP contribution >= 0.6 is 15.9 Å². The Kier molecular flexibility index (Phi) is 3.17. The van der Waals surface area contributed by atoms with Crippen LogP contribution in [0.5, 0.6) is 11.5 Å². The van der Waals surface area contributed by atoms with Crippen LogP contribution in [0, 0.1) is 0 Å². The second-order valence-electron chi connectivity index (χ2n) is 4.47. The molecule has 0 unspecified atom stereocenters. The minimum Gasteiger partial charge on any atom is -0.505 e. The Morgan fingerprint density at radius 2 is 1.67 bits per heavy atom. The first-order valence-electron chi connectivity index (χ1n) is 6.09. The number of amides is 2. The van der Waals surface area contributed by atoms with Crippen molar-refractivity contribution < 1.29 is 19.4 Å². The van der Waals surface area contributed by atoms with E-state index in [-0.39, 0.29) is 11.4 Å². The molecule has 0 bridgehead atoms. The van der Waals surface area contributed by atoms with Gasteiger partial charge in [-0.3, -0.25) is 9.59 Å². The van der Waals surface area contributed by atoms with Gasteiger partial charge in [0, 0.05) is 6.07 Å². The molecule has 2 aromatic rings. The Morgan fingerprint density at radius 3 is 2.19 bits per heavy atom. The number of benzene rings is 2. The summed E-state index contributed by atoms with van der Waals surface area (Å²) in [5.74, 6) is -0.700. The highest BCUT2D eigenvalue weighted by molar-refractivity contribution is 9.10. The maximum atomic E-state index is 12.4. The molecule has 0 atom stereocenters. The SMILES string of the molecule is COc1cc(Br)c(O)c(N2C(=O)c3ccccc3C2=O)c1. The maximum Gasteiger partial charge on any atom is 0.266 e. The number of rotatable bonds is 2. The van der Waals surface area contributed by atoms with Crippen molar-refractivity contribution in [3.63, 3.8) is 0 Å². The first-order chi connectivity index (χ1) is 10.0. The number of carbonyl (C=O) groups excluding carboxylic acids is 2. The summed E-state index contributed by atoms with van der Waals surface area (Å²) in [6.45, 7) is 0. The lowest BCUT2D eigenvalue weighted by Gasteiger charge is -2.17. The molecule has 2 aromatic carbocycles. The zero-order valence-corrected chi connectivity index (χ0v) is 12.5. The van der Waals surface area contributed by atoms with Crippen LogP contribution in [0.2, 0.25) is 0 Å². The van der Waals surface area contributed by atoms with Gasteiger partial charge in [-0.15, -0.1) is 0 Å². The molecule has 1 aliphatic heterocycles. The van der Waals surface area contributed by atoms with Crippen LogP contribution in [0.1, 0.15) is 20.7 Å². The van der Waals surface area contributed by atoms with Crippen molar-refractivity contribution in [2.75, 3.05) is 12.0 Å². The number of methoxy groups -OCH3 is 1. The van der Waals surface area contributed by atoms with E-state index >= 15 is 0 Å². The van der Waals surface area contributed by atoms with Crippen molar-refractivity contribution in [1.82, 2.24) is 0 Å². The largest absolute Gasteiger partial charge is 0.505 e. The van der Waals surface area contributed by atoms with Crippen molar-refractivity contribution in [1.29, 1.82) is 0 Å². The number of hydrogen-bond acceptors (Lipinski definition) is 4. The summed E-state index contributed by atoms with van der Waals surface area (Å²) in [7, 11) is 1.46. The zero-order valence-electron chi connectivity index (χ0n) is 11.0. The van der Waals surface area contributed by atoms with Crippen molar-refractivity contribution in [3.8, 4) is 11.5 Å². The molecule has 1 heterocycles. The molecule has 2 amide bonds. The number of anilines is 1. The third-order valence-corrected chi connectivity index (χ3v) is 3.89. The van der Waals surface area contributed by atoms with E-state index in [1.165, 1.54) is 13.2 Å². The minimum absolute atomic E-state index is 0.0902. The van der Waals surface area contributed by atoms with E-state index in [9.17, 15) is 14.7 Å². The highest BCUT2D eigenvalue weighted by atomic mass is 79.9. The number of aromatic hydroxyl groups is 1. The molecule has 0 fully saturated rings. The Hall–Kier alpha value is -2.34. The lowest BCUT2D eigenvalue weighted by Crippen LogP contribution is -2.29. The average Bonchev–Trinajstić information content (AvgIpc) is 2.74. The van der Waals surface area contributed by atoms with Gasteiger partial charge < -0.3 is 9.84 Å². The molecular weight excluding hydrogens is 338 g/mol. The van der Waals surface area contributed by atoms with E-state index in [1.807, 2.05) is 0 Å². The number of ether oxygens (including phenoxy) is 1. The molecule has 0 saturated carbocycles. The number of halogens is 1. The molecule has 1 N–H and O–H groups in total. The van der Waals surface area contributed by atoms with Gasteiger partial charge in [-0.1, -0.05) is 12.1 Å². The highest BCUT2D eigenvalue weighted by Gasteiger charge is 2.38. The van der Waals surface area contributed by atoms with Crippen molar-refractivity contribution in [3.05, 3.63) is 52.0 Å². The van der Waals surface area contributed by atoms with Gasteiger partial charge in [0.2, 0.25) is 0 Å². The van der Waals surface area contributed by atoms with Gasteiger partial charge in [0.1, 0.15) is 5.75 Å². The van der Waals surface area contributed by atoms with E-state index < -0.39 is 11.8 Å². The quantitative estimate of drug-likeness (QED) is 0.848. The van der Waals surface area contributed by atoms with Crippen LogP contribution in [0.4, 0.5) is 5.69 Å². The predicted molar refractivity (Wildman–Crippen MR) is 79.9 cm³/mol. The summed E-state index contributed by atoms with van der Waals surface area (Å²) in [5, 5.41) is 10.1. The van der Waals surface area contributed by atoms with Crippen LogP contribution < -0.4 is 9.64 Å². The second kappa shape index (κ2) is 4.89.